The molecule has 0 spiro atoms. The number of likely N-dealkylation sites (tertiary alicyclic amines) is 1. The maximum atomic E-state index is 14.4. The molecular formula is C28H47FN6O. The van der Waals surface area contributed by atoms with Gasteiger partial charge in [-0.05, 0) is 69.3 Å². The van der Waals surface area contributed by atoms with Crippen molar-refractivity contribution in [3.05, 3.63) is 59.2 Å². The molecule has 1 saturated heterocycles. The maximum absolute atomic E-state index is 14.4. The Morgan fingerprint density at radius 2 is 2.06 bits per heavy atom. The monoisotopic (exact) mass is 502 g/mol. The highest BCUT2D eigenvalue weighted by Gasteiger charge is 2.16. The van der Waals surface area contributed by atoms with Crippen LogP contribution in [0.4, 0.5) is 4.39 Å². The second-order valence-electron chi connectivity index (χ2n) is 9.44. The highest BCUT2D eigenvalue weighted by atomic mass is 19.1. The summed E-state index contributed by atoms with van der Waals surface area (Å²) >= 11 is 0. The van der Waals surface area contributed by atoms with Crippen molar-refractivity contribution in [1.29, 1.82) is 0 Å². The average molecular weight is 503 g/mol. The first-order valence-electron chi connectivity index (χ1n) is 13.3. The summed E-state index contributed by atoms with van der Waals surface area (Å²) in [6, 6.07) is 0. The van der Waals surface area contributed by atoms with Crippen LogP contribution in [-0.4, -0.2) is 68.3 Å². The number of nitrogens with one attached hydrogen (secondary N) is 1. The lowest BCUT2D eigenvalue weighted by atomic mass is 10.0. The first kappa shape index (κ1) is 29.8. The van der Waals surface area contributed by atoms with Crippen molar-refractivity contribution in [3.8, 4) is 0 Å². The van der Waals surface area contributed by atoms with Gasteiger partial charge in [-0.15, -0.1) is 0 Å². The van der Waals surface area contributed by atoms with Crippen molar-refractivity contribution in [3.63, 3.8) is 0 Å². The van der Waals surface area contributed by atoms with E-state index in [1.807, 2.05) is 38.3 Å². The summed E-state index contributed by atoms with van der Waals surface area (Å²) in [5, 5.41) is 4.68. The molecule has 0 amide bonds. The SMILES string of the molecule is CC\C(=C/C=C(C)/C(=C/N=C(N)CN(N)C/C1=C/C/C=C\CCC1F)NC)OCCN1CCCCC1. The van der Waals surface area contributed by atoms with E-state index in [1.54, 1.807) is 6.20 Å². The molecule has 1 unspecified atom stereocenters. The van der Waals surface area contributed by atoms with Gasteiger partial charge in [0.25, 0.3) is 0 Å². The number of alkyl halides is 1. The molecular weight excluding hydrogens is 455 g/mol. The van der Waals surface area contributed by atoms with E-state index in [1.165, 1.54) is 37.4 Å². The summed E-state index contributed by atoms with van der Waals surface area (Å²) in [5.41, 5.74) is 8.67. The number of aliphatic imine (C=N–C) groups is 1. The molecule has 8 heteroatoms. The molecule has 1 aliphatic heterocycles. The number of piperidine rings is 1. The number of nitrogens with zero attached hydrogens (tertiary/aromatic N) is 3. The van der Waals surface area contributed by atoms with E-state index in [-0.39, 0.29) is 6.54 Å². The van der Waals surface area contributed by atoms with E-state index in [9.17, 15) is 4.39 Å². The van der Waals surface area contributed by atoms with Gasteiger partial charge in [-0.2, -0.15) is 0 Å². The maximum Gasteiger partial charge on any atom is 0.123 e. The molecule has 0 radical (unpaired) electrons. The van der Waals surface area contributed by atoms with Crippen LogP contribution in [0.5, 0.6) is 0 Å². The molecule has 1 aliphatic carbocycles. The molecule has 1 fully saturated rings. The summed E-state index contributed by atoms with van der Waals surface area (Å²) in [6.45, 7) is 8.75. The minimum atomic E-state index is -0.974. The summed E-state index contributed by atoms with van der Waals surface area (Å²) in [6.07, 6.45) is 17.5. The predicted molar refractivity (Wildman–Crippen MR) is 149 cm³/mol. The highest BCUT2D eigenvalue weighted by Crippen LogP contribution is 2.18. The van der Waals surface area contributed by atoms with Gasteiger partial charge >= 0.3 is 0 Å². The van der Waals surface area contributed by atoms with Gasteiger partial charge in [-0.25, -0.2) is 14.4 Å². The van der Waals surface area contributed by atoms with Crippen molar-refractivity contribution in [2.24, 2.45) is 16.6 Å². The molecule has 0 aromatic heterocycles. The molecule has 0 aromatic carbocycles. The van der Waals surface area contributed by atoms with Gasteiger partial charge < -0.3 is 15.8 Å². The van der Waals surface area contributed by atoms with E-state index >= 15 is 0 Å². The Balaban J connectivity index is 1.89. The van der Waals surface area contributed by atoms with E-state index in [0.29, 0.717) is 31.0 Å². The Hall–Kier alpha value is -2.42. The first-order valence-corrected chi connectivity index (χ1v) is 13.3. The molecule has 0 aromatic rings. The summed E-state index contributed by atoms with van der Waals surface area (Å²) in [4.78, 5) is 6.85. The van der Waals surface area contributed by atoms with Crippen LogP contribution in [0.3, 0.4) is 0 Å². The number of ether oxygens (including phenoxy) is 1. The fourth-order valence-electron chi connectivity index (χ4n) is 4.27. The van der Waals surface area contributed by atoms with E-state index in [2.05, 4.69) is 28.2 Å². The molecule has 0 bridgehead atoms. The third kappa shape index (κ3) is 11.5. The van der Waals surface area contributed by atoms with Gasteiger partial charge in [-0.3, -0.25) is 10.7 Å². The van der Waals surface area contributed by atoms with Crippen LogP contribution in [0.2, 0.25) is 0 Å². The number of hydrazine groups is 1. The van der Waals surface area contributed by atoms with Crippen molar-refractivity contribution in [2.45, 2.75) is 65.0 Å². The zero-order valence-electron chi connectivity index (χ0n) is 22.5. The van der Waals surface area contributed by atoms with Crippen molar-refractivity contribution >= 4 is 5.84 Å². The van der Waals surface area contributed by atoms with Gasteiger partial charge in [0.2, 0.25) is 0 Å². The highest BCUT2D eigenvalue weighted by molar-refractivity contribution is 5.82. The van der Waals surface area contributed by atoms with E-state index < -0.39 is 6.17 Å². The lowest BCUT2D eigenvalue weighted by molar-refractivity contribution is 0.139. The number of hydrogen-bond acceptors (Lipinski definition) is 6. The number of halogens is 1. The number of hydrogen-bond donors (Lipinski definition) is 3. The Bertz CT molecular complexity index is 839. The molecule has 2 aliphatic rings. The van der Waals surface area contributed by atoms with Gasteiger partial charge in [-0.1, -0.05) is 37.6 Å². The zero-order chi connectivity index (χ0) is 26.2. The quantitative estimate of drug-likeness (QED) is 0.0661. The van der Waals surface area contributed by atoms with Crippen LogP contribution < -0.4 is 16.9 Å². The van der Waals surface area contributed by atoms with E-state index in [4.69, 9.17) is 16.3 Å². The van der Waals surface area contributed by atoms with Gasteiger partial charge in [0.15, 0.2) is 0 Å². The standard InChI is InChI=1S/C28H47FN6O/c1-4-25(36-19-18-34-16-10-7-11-17-34)15-14-23(2)27(32-3)20-33-28(30)22-35(31)21-24-12-8-5-6-9-13-26(24)29/h5-6,12,14-15,20,26,32H,4,7-11,13,16-19,21-22,31H2,1-3H3,(H2,30,33)/b6-5-,23-14+,24-12-,25-15+,27-20-. The second-order valence-corrected chi connectivity index (χ2v) is 9.44. The van der Waals surface area contributed by atoms with Gasteiger partial charge in [0, 0.05) is 26.6 Å². The summed E-state index contributed by atoms with van der Waals surface area (Å²) in [7, 11) is 1.85. The lowest BCUT2D eigenvalue weighted by Gasteiger charge is -2.26. The smallest absolute Gasteiger partial charge is 0.123 e. The van der Waals surface area contributed by atoms with Crippen molar-refractivity contribution < 1.29 is 9.13 Å². The number of nitrogens with two attached hydrogens (primary N) is 2. The summed E-state index contributed by atoms with van der Waals surface area (Å²) in [5.74, 6) is 7.45. The van der Waals surface area contributed by atoms with Crippen molar-refractivity contribution in [2.75, 3.05) is 46.4 Å². The van der Waals surface area contributed by atoms with Gasteiger partial charge in [0.1, 0.15) is 18.6 Å². The molecule has 36 heavy (non-hydrogen) atoms. The number of likely N-dealkylation sites (N-methyl/N-ethyl adjacent to an activating group) is 1. The Morgan fingerprint density at radius 3 is 2.78 bits per heavy atom. The molecule has 202 valence electrons. The largest absolute Gasteiger partial charge is 0.497 e. The Morgan fingerprint density at radius 1 is 1.28 bits per heavy atom. The van der Waals surface area contributed by atoms with E-state index in [0.717, 1.165) is 42.8 Å². The van der Waals surface area contributed by atoms with Crippen LogP contribution >= 0.6 is 0 Å². The molecule has 1 heterocycles. The third-order valence-electron chi connectivity index (χ3n) is 6.49. The molecule has 1 atom stereocenters. The van der Waals surface area contributed by atoms with Crippen LogP contribution in [0.25, 0.3) is 0 Å². The second kappa shape index (κ2) is 17.1. The third-order valence-corrected chi connectivity index (χ3v) is 6.49. The normalized spacial score (nSPS) is 23.6. The average Bonchev–Trinajstić information content (AvgIpc) is 2.86. The topological polar surface area (TPSA) is 92.1 Å². The molecule has 7 nitrogen and oxygen atoms in total. The van der Waals surface area contributed by atoms with Crippen LogP contribution in [0.1, 0.15) is 58.8 Å². The Kier molecular flexibility index (Phi) is 14.2. The number of amidine groups is 1. The zero-order valence-corrected chi connectivity index (χ0v) is 22.5. The first-order chi connectivity index (χ1) is 17.4. The molecule has 0 saturated carbocycles. The van der Waals surface area contributed by atoms with Crippen LogP contribution in [0.15, 0.2) is 64.2 Å². The summed E-state index contributed by atoms with van der Waals surface area (Å²) < 4.78 is 20.4. The van der Waals surface area contributed by atoms with Crippen LogP contribution in [0, 0.1) is 0 Å². The minimum Gasteiger partial charge on any atom is -0.497 e. The van der Waals surface area contributed by atoms with Crippen LogP contribution in [-0.2, 0) is 4.74 Å². The fourth-order valence-corrected chi connectivity index (χ4v) is 4.27. The fraction of sp³-hybridized carbons (Fsp3) is 0.607. The Labute approximate surface area is 217 Å². The minimum absolute atomic E-state index is 0.251. The predicted octanol–water partition coefficient (Wildman–Crippen LogP) is 4.33. The number of allylic oxidation sites excluding steroid dienone is 7. The number of rotatable bonds is 13. The molecule has 5 N–H and O–H groups in total. The van der Waals surface area contributed by atoms with Gasteiger partial charge in [0.05, 0.1) is 24.2 Å². The molecule has 2 rings (SSSR count). The lowest BCUT2D eigenvalue weighted by Crippen LogP contribution is -2.41. The van der Waals surface area contributed by atoms with Crippen molar-refractivity contribution in [1.82, 2.24) is 15.2 Å².